The van der Waals surface area contributed by atoms with Crippen molar-refractivity contribution in [2.24, 2.45) is 4.99 Å². The molecule has 0 aliphatic carbocycles. The molecule has 1 heterocycles. The minimum absolute atomic E-state index is 0.854. The topological polar surface area (TPSA) is 24.8 Å². The zero-order valence-corrected chi connectivity index (χ0v) is 14.9. The van der Waals surface area contributed by atoms with Crippen molar-refractivity contribution >= 4 is 23.3 Å². The van der Waals surface area contributed by atoms with E-state index in [-0.39, 0.29) is 0 Å². The van der Waals surface area contributed by atoms with Crippen molar-refractivity contribution in [2.75, 3.05) is 19.1 Å². The van der Waals surface area contributed by atoms with Crippen molar-refractivity contribution in [3.05, 3.63) is 95.6 Å². The molecule has 128 valence electrons. The summed E-state index contributed by atoms with van der Waals surface area (Å²) in [4.78, 5) is 7.08. The molecule has 0 aromatic heterocycles. The molecular formula is C23H20N2O. The molecule has 0 N–H and O–H groups in total. The SMILES string of the molecule is COc1ccc(/C=C2\N=C(N(C)c3ccccc3)c3ccccc32)cc1. The molecule has 1 aliphatic rings. The van der Waals surface area contributed by atoms with E-state index in [0.29, 0.717) is 0 Å². The molecule has 0 bridgehead atoms. The number of anilines is 1. The van der Waals surface area contributed by atoms with E-state index in [1.165, 1.54) is 0 Å². The Balaban J connectivity index is 1.75. The molecule has 0 unspecified atom stereocenters. The maximum atomic E-state index is 5.24. The first kappa shape index (κ1) is 16.2. The number of hydrogen-bond donors (Lipinski definition) is 0. The Morgan fingerprint density at radius 1 is 0.808 bits per heavy atom. The normalized spacial score (nSPS) is 14.1. The van der Waals surface area contributed by atoms with Crippen LogP contribution in [0.3, 0.4) is 0 Å². The van der Waals surface area contributed by atoms with E-state index in [1.807, 2.05) is 42.5 Å². The Morgan fingerprint density at radius 2 is 1.46 bits per heavy atom. The van der Waals surface area contributed by atoms with Crippen LogP contribution in [0.4, 0.5) is 5.69 Å². The van der Waals surface area contributed by atoms with Gasteiger partial charge in [0, 0.05) is 23.9 Å². The molecule has 3 aromatic carbocycles. The summed E-state index contributed by atoms with van der Waals surface area (Å²) in [5, 5.41) is 0. The van der Waals surface area contributed by atoms with E-state index >= 15 is 0 Å². The number of rotatable bonds is 3. The Morgan fingerprint density at radius 3 is 2.15 bits per heavy atom. The Hall–Kier alpha value is -3.33. The summed E-state index contributed by atoms with van der Waals surface area (Å²) in [7, 11) is 3.73. The van der Waals surface area contributed by atoms with Crippen LogP contribution >= 0.6 is 0 Å². The van der Waals surface area contributed by atoms with E-state index < -0.39 is 0 Å². The van der Waals surface area contributed by atoms with Crippen LogP contribution < -0.4 is 9.64 Å². The third kappa shape index (κ3) is 3.00. The van der Waals surface area contributed by atoms with Crippen molar-refractivity contribution in [2.45, 2.75) is 0 Å². The molecule has 0 fully saturated rings. The molecule has 0 saturated heterocycles. The molecule has 3 nitrogen and oxygen atoms in total. The van der Waals surface area contributed by atoms with Crippen LogP contribution in [-0.4, -0.2) is 20.0 Å². The lowest BCUT2D eigenvalue weighted by atomic mass is 10.0. The lowest BCUT2D eigenvalue weighted by Crippen LogP contribution is -2.25. The van der Waals surface area contributed by atoms with Crippen molar-refractivity contribution < 1.29 is 4.74 Å². The van der Waals surface area contributed by atoms with Gasteiger partial charge in [0.1, 0.15) is 11.6 Å². The van der Waals surface area contributed by atoms with Crippen LogP contribution in [-0.2, 0) is 0 Å². The number of amidine groups is 1. The van der Waals surface area contributed by atoms with E-state index in [1.54, 1.807) is 7.11 Å². The van der Waals surface area contributed by atoms with Crippen LogP contribution in [0, 0.1) is 0 Å². The Labute approximate surface area is 153 Å². The lowest BCUT2D eigenvalue weighted by Gasteiger charge is -2.19. The number of para-hydroxylation sites is 1. The second-order valence-electron chi connectivity index (χ2n) is 6.18. The van der Waals surface area contributed by atoms with Gasteiger partial charge in [-0.05, 0) is 35.9 Å². The Kier molecular flexibility index (Phi) is 4.28. The van der Waals surface area contributed by atoms with Gasteiger partial charge in [-0.15, -0.1) is 0 Å². The van der Waals surface area contributed by atoms with Crippen LogP contribution in [0.15, 0.2) is 83.9 Å². The molecule has 0 radical (unpaired) electrons. The summed E-state index contributed by atoms with van der Waals surface area (Å²) in [6, 6.07) is 26.7. The van der Waals surface area contributed by atoms with Gasteiger partial charge >= 0.3 is 0 Å². The maximum absolute atomic E-state index is 5.24. The van der Waals surface area contributed by atoms with Gasteiger partial charge in [-0.3, -0.25) is 0 Å². The van der Waals surface area contributed by atoms with Crippen LogP contribution in [0.1, 0.15) is 16.7 Å². The fraction of sp³-hybridized carbons (Fsp3) is 0.0870. The Bertz CT molecular complexity index is 973. The van der Waals surface area contributed by atoms with Gasteiger partial charge in [0.25, 0.3) is 0 Å². The molecule has 0 amide bonds. The minimum atomic E-state index is 0.854. The van der Waals surface area contributed by atoms with Crippen molar-refractivity contribution in [1.29, 1.82) is 0 Å². The first-order valence-corrected chi connectivity index (χ1v) is 8.59. The third-order valence-corrected chi connectivity index (χ3v) is 4.55. The molecule has 0 atom stereocenters. The van der Waals surface area contributed by atoms with Crippen LogP contribution in [0.2, 0.25) is 0 Å². The molecule has 4 rings (SSSR count). The molecule has 0 saturated carbocycles. The standard InChI is InChI=1S/C23H20N2O/c1-25(18-8-4-3-5-9-18)23-21-11-7-6-10-20(21)22(24-23)16-17-12-14-19(26-2)15-13-17/h3-16H,1-2H3/b22-16-. The summed E-state index contributed by atoms with van der Waals surface area (Å²) >= 11 is 0. The maximum Gasteiger partial charge on any atom is 0.141 e. The number of fused-ring (bicyclic) bond motifs is 1. The summed E-state index contributed by atoms with van der Waals surface area (Å²) in [6.45, 7) is 0. The minimum Gasteiger partial charge on any atom is -0.497 e. The zero-order valence-electron chi connectivity index (χ0n) is 14.9. The van der Waals surface area contributed by atoms with E-state index in [0.717, 1.165) is 39.7 Å². The second-order valence-corrected chi connectivity index (χ2v) is 6.18. The molecule has 0 spiro atoms. The van der Waals surface area contributed by atoms with Crippen LogP contribution in [0.25, 0.3) is 11.8 Å². The number of nitrogens with zero attached hydrogens (tertiary/aromatic N) is 2. The molecule has 26 heavy (non-hydrogen) atoms. The smallest absolute Gasteiger partial charge is 0.141 e. The predicted molar refractivity (Wildman–Crippen MR) is 109 cm³/mol. The van der Waals surface area contributed by atoms with Gasteiger partial charge in [0.15, 0.2) is 0 Å². The third-order valence-electron chi connectivity index (χ3n) is 4.55. The van der Waals surface area contributed by atoms with Crippen molar-refractivity contribution in [1.82, 2.24) is 0 Å². The van der Waals surface area contributed by atoms with E-state index in [9.17, 15) is 0 Å². The first-order chi connectivity index (χ1) is 12.8. The summed E-state index contributed by atoms with van der Waals surface area (Å²) < 4.78 is 5.24. The highest BCUT2D eigenvalue weighted by atomic mass is 16.5. The highest BCUT2D eigenvalue weighted by Gasteiger charge is 2.23. The first-order valence-electron chi connectivity index (χ1n) is 8.59. The number of methoxy groups -OCH3 is 1. The van der Waals surface area contributed by atoms with Crippen molar-refractivity contribution in [3.63, 3.8) is 0 Å². The monoisotopic (exact) mass is 340 g/mol. The highest BCUT2D eigenvalue weighted by Crippen LogP contribution is 2.32. The van der Waals surface area contributed by atoms with E-state index in [4.69, 9.17) is 9.73 Å². The van der Waals surface area contributed by atoms with Crippen molar-refractivity contribution in [3.8, 4) is 5.75 Å². The molecule has 3 heteroatoms. The fourth-order valence-electron chi connectivity index (χ4n) is 3.13. The number of hydrogen-bond acceptors (Lipinski definition) is 3. The molecular weight excluding hydrogens is 320 g/mol. The molecule has 1 aliphatic heterocycles. The fourth-order valence-corrected chi connectivity index (χ4v) is 3.13. The summed E-state index contributed by atoms with van der Waals surface area (Å²) in [5.41, 5.74) is 5.50. The van der Waals surface area contributed by atoms with Gasteiger partial charge in [0.05, 0.1) is 12.8 Å². The van der Waals surface area contributed by atoms with Crippen LogP contribution in [0.5, 0.6) is 5.75 Å². The average Bonchev–Trinajstić information content (AvgIpc) is 3.07. The quantitative estimate of drug-likeness (QED) is 0.663. The van der Waals surface area contributed by atoms with Gasteiger partial charge < -0.3 is 9.64 Å². The second kappa shape index (κ2) is 6.89. The van der Waals surface area contributed by atoms with Gasteiger partial charge in [0.2, 0.25) is 0 Å². The number of benzene rings is 3. The summed E-state index contributed by atoms with van der Waals surface area (Å²) in [5.74, 6) is 1.82. The zero-order chi connectivity index (χ0) is 17.9. The highest BCUT2D eigenvalue weighted by molar-refractivity contribution is 6.18. The van der Waals surface area contributed by atoms with E-state index in [2.05, 4.69) is 54.4 Å². The number of aliphatic imine (C=N–C) groups is 1. The van der Waals surface area contributed by atoms with Gasteiger partial charge in [-0.1, -0.05) is 54.6 Å². The largest absolute Gasteiger partial charge is 0.497 e. The lowest BCUT2D eigenvalue weighted by molar-refractivity contribution is 0.415. The molecule has 3 aromatic rings. The number of ether oxygens (including phenoxy) is 1. The van der Waals surface area contributed by atoms with Gasteiger partial charge in [-0.25, -0.2) is 4.99 Å². The predicted octanol–water partition coefficient (Wildman–Crippen LogP) is 5.09. The summed E-state index contributed by atoms with van der Waals surface area (Å²) in [6.07, 6.45) is 2.12. The average molecular weight is 340 g/mol. The van der Waals surface area contributed by atoms with Gasteiger partial charge in [-0.2, -0.15) is 0 Å².